The topological polar surface area (TPSA) is 27.1 Å². The van der Waals surface area contributed by atoms with Gasteiger partial charge in [0.1, 0.15) is 5.82 Å². The highest BCUT2D eigenvalue weighted by Gasteiger charge is 2.32. The lowest BCUT2D eigenvalue weighted by molar-refractivity contribution is 0.0752. The fraction of sp³-hybridized carbons (Fsp3) is 0.562. The fourth-order valence-electron chi connectivity index (χ4n) is 3.43. The first-order valence-corrected chi connectivity index (χ1v) is 7.71. The second-order valence-corrected chi connectivity index (χ2v) is 6.33. The van der Waals surface area contributed by atoms with Crippen LogP contribution in [0.4, 0.5) is 0 Å². The number of methoxy groups -OCH3 is 1. The minimum absolute atomic E-state index is 0.0973. The molecule has 1 heterocycles. The Labute approximate surface area is 124 Å². The quantitative estimate of drug-likeness (QED) is 0.785. The zero-order valence-electron chi connectivity index (χ0n) is 12.3. The number of para-hydroxylation sites is 1. The third-order valence-electron chi connectivity index (χ3n) is 4.35. The predicted octanol–water partition coefficient (Wildman–Crippen LogP) is 4.38. The van der Waals surface area contributed by atoms with Crippen LogP contribution in [-0.4, -0.2) is 22.8 Å². The summed E-state index contributed by atoms with van der Waals surface area (Å²) in [5, 5.41) is -0.0973. The number of alkyl halides is 1. The van der Waals surface area contributed by atoms with Crippen LogP contribution in [0.2, 0.25) is 0 Å². The van der Waals surface area contributed by atoms with Crippen LogP contribution >= 0.6 is 11.6 Å². The zero-order valence-corrected chi connectivity index (χ0v) is 13.0. The highest BCUT2D eigenvalue weighted by atomic mass is 35.5. The van der Waals surface area contributed by atoms with E-state index < -0.39 is 0 Å². The van der Waals surface area contributed by atoms with Crippen LogP contribution in [0.3, 0.4) is 0 Å². The van der Waals surface area contributed by atoms with Crippen molar-refractivity contribution in [2.45, 2.75) is 50.6 Å². The van der Waals surface area contributed by atoms with Gasteiger partial charge in [-0.2, -0.15) is 0 Å². The first-order chi connectivity index (χ1) is 9.63. The molecule has 0 aliphatic heterocycles. The summed E-state index contributed by atoms with van der Waals surface area (Å²) < 4.78 is 8.02. The van der Waals surface area contributed by atoms with Gasteiger partial charge in [-0.25, -0.2) is 4.98 Å². The van der Waals surface area contributed by atoms with Crippen molar-refractivity contribution < 1.29 is 4.74 Å². The minimum atomic E-state index is -0.0973. The number of ether oxygens (including phenoxy) is 1. The molecule has 2 aromatic rings. The van der Waals surface area contributed by atoms with Gasteiger partial charge >= 0.3 is 0 Å². The molecule has 1 aliphatic rings. The number of benzene rings is 1. The van der Waals surface area contributed by atoms with E-state index >= 15 is 0 Å². The summed E-state index contributed by atoms with van der Waals surface area (Å²) in [5.74, 6) is 0.963. The summed E-state index contributed by atoms with van der Waals surface area (Å²) in [4.78, 5) is 4.76. The maximum Gasteiger partial charge on any atom is 0.128 e. The summed E-state index contributed by atoms with van der Waals surface area (Å²) in [6.07, 6.45) is 3.71. The van der Waals surface area contributed by atoms with E-state index in [1.54, 1.807) is 7.11 Å². The van der Waals surface area contributed by atoms with Crippen molar-refractivity contribution in [3.63, 3.8) is 0 Å². The molecule has 3 atom stereocenters. The fourth-order valence-corrected chi connectivity index (χ4v) is 3.59. The average Bonchev–Trinajstić information content (AvgIpc) is 3.02. The number of rotatable bonds is 3. The molecule has 0 bridgehead atoms. The lowest BCUT2D eigenvalue weighted by Gasteiger charge is -2.24. The Kier molecular flexibility index (Phi) is 3.74. The van der Waals surface area contributed by atoms with Crippen molar-refractivity contribution >= 4 is 22.6 Å². The molecule has 0 spiro atoms. The standard InChI is InChI=1S/C16H21ClN2O/c1-10-6-4-7-12-15(10)19(16(18-12)11(2)17)13-8-5-9-14(13)20-3/h4,6-7,11,13-14H,5,8-9H2,1-3H3. The Balaban J connectivity index is 2.23. The highest BCUT2D eigenvalue weighted by molar-refractivity contribution is 6.20. The summed E-state index contributed by atoms with van der Waals surface area (Å²) >= 11 is 6.38. The van der Waals surface area contributed by atoms with E-state index in [1.807, 2.05) is 6.92 Å². The van der Waals surface area contributed by atoms with Gasteiger partial charge in [0, 0.05) is 7.11 Å². The van der Waals surface area contributed by atoms with Crippen molar-refractivity contribution in [1.82, 2.24) is 9.55 Å². The molecule has 108 valence electrons. The molecule has 1 aromatic heterocycles. The Bertz CT molecular complexity index is 620. The average molecular weight is 293 g/mol. The number of hydrogen-bond acceptors (Lipinski definition) is 2. The molecule has 4 heteroatoms. The molecule has 3 rings (SSSR count). The SMILES string of the molecule is COC1CCCC1n1c(C(C)Cl)nc2cccc(C)c21. The minimum Gasteiger partial charge on any atom is -0.379 e. The lowest BCUT2D eigenvalue weighted by Crippen LogP contribution is -2.22. The number of hydrogen-bond donors (Lipinski definition) is 0. The zero-order chi connectivity index (χ0) is 14.3. The Hall–Kier alpha value is -1.06. The van der Waals surface area contributed by atoms with Crippen molar-refractivity contribution in [2.24, 2.45) is 0 Å². The highest BCUT2D eigenvalue weighted by Crippen LogP contribution is 2.38. The first kappa shape index (κ1) is 13.9. The number of nitrogens with zero attached hydrogens (tertiary/aromatic N) is 2. The van der Waals surface area contributed by atoms with Crippen molar-refractivity contribution in [1.29, 1.82) is 0 Å². The van der Waals surface area contributed by atoms with Crippen molar-refractivity contribution in [2.75, 3.05) is 7.11 Å². The predicted molar refractivity (Wildman–Crippen MR) is 82.4 cm³/mol. The van der Waals surface area contributed by atoms with E-state index in [0.29, 0.717) is 6.04 Å². The molecular formula is C16H21ClN2O. The maximum absolute atomic E-state index is 6.38. The second-order valence-electron chi connectivity index (χ2n) is 5.67. The maximum atomic E-state index is 6.38. The molecular weight excluding hydrogens is 272 g/mol. The molecule has 0 saturated heterocycles. The molecule has 1 fully saturated rings. The van der Waals surface area contributed by atoms with Gasteiger partial charge < -0.3 is 9.30 Å². The summed E-state index contributed by atoms with van der Waals surface area (Å²) in [7, 11) is 1.80. The van der Waals surface area contributed by atoms with Gasteiger partial charge in [0.05, 0.1) is 28.6 Å². The third kappa shape index (κ3) is 2.13. The van der Waals surface area contributed by atoms with Crippen LogP contribution in [-0.2, 0) is 4.74 Å². The molecule has 0 amide bonds. The van der Waals surface area contributed by atoms with Crippen LogP contribution in [0.15, 0.2) is 18.2 Å². The van der Waals surface area contributed by atoms with Gasteiger partial charge in [-0.3, -0.25) is 0 Å². The van der Waals surface area contributed by atoms with Crippen LogP contribution in [0.25, 0.3) is 11.0 Å². The molecule has 1 aromatic carbocycles. The number of halogens is 1. The summed E-state index contributed by atoms with van der Waals surface area (Å²) in [5.41, 5.74) is 3.50. The molecule has 20 heavy (non-hydrogen) atoms. The van der Waals surface area contributed by atoms with E-state index in [4.69, 9.17) is 21.3 Å². The number of aromatic nitrogens is 2. The van der Waals surface area contributed by atoms with E-state index in [1.165, 1.54) is 17.5 Å². The van der Waals surface area contributed by atoms with Gasteiger partial charge in [0.15, 0.2) is 0 Å². The van der Waals surface area contributed by atoms with E-state index in [0.717, 1.165) is 24.2 Å². The second kappa shape index (κ2) is 5.38. The van der Waals surface area contributed by atoms with E-state index in [9.17, 15) is 0 Å². The molecule has 1 saturated carbocycles. The third-order valence-corrected chi connectivity index (χ3v) is 4.54. The lowest BCUT2D eigenvalue weighted by atomic mass is 10.1. The molecule has 3 unspecified atom stereocenters. The van der Waals surface area contributed by atoms with Crippen molar-refractivity contribution in [3.05, 3.63) is 29.6 Å². The van der Waals surface area contributed by atoms with Gasteiger partial charge in [-0.05, 0) is 44.7 Å². The van der Waals surface area contributed by atoms with Gasteiger partial charge in [0.2, 0.25) is 0 Å². The molecule has 0 N–H and O–H groups in total. The number of aryl methyl sites for hydroxylation is 1. The van der Waals surface area contributed by atoms with Gasteiger partial charge in [-0.15, -0.1) is 11.6 Å². The van der Waals surface area contributed by atoms with Crippen LogP contribution in [0.1, 0.15) is 49.0 Å². The Morgan fingerprint density at radius 2 is 2.20 bits per heavy atom. The molecule has 1 aliphatic carbocycles. The molecule has 3 nitrogen and oxygen atoms in total. The monoisotopic (exact) mass is 292 g/mol. The van der Waals surface area contributed by atoms with Crippen LogP contribution in [0.5, 0.6) is 0 Å². The summed E-state index contributed by atoms with van der Waals surface area (Å²) in [6, 6.07) is 6.61. The largest absolute Gasteiger partial charge is 0.379 e. The number of imidazole rings is 1. The van der Waals surface area contributed by atoms with Crippen molar-refractivity contribution in [3.8, 4) is 0 Å². The van der Waals surface area contributed by atoms with Gasteiger partial charge in [0.25, 0.3) is 0 Å². The van der Waals surface area contributed by atoms with E-state index in [2.05, 4.69) is 29.7 Å². The van der Waals surface area contributed by atoms with Crippen LogP contribution < -0.4 is 0 Å². The Morgan fingerprint density at radius 3 is 2.90 bits per heavy atom. The summed E-state index contributed by atoms with van der Waals surface area (Å²) in [6.45, 7) is 4.13. The van der Waals surface area contributed by atoms with Crippen LogP contribution in [0, 0.1) is 6.92 Å². The smallest absolute Gasteiger partial charge is 0.128 e. The molecule has 0 radical (unpaired) electrons. The van der Waals surface area contributed by atoms with E-state index in [-0.39, 0.29) is 11.5 Å². The number of fused-ring (bicyclic) bond motifs is 1. The Morgan fingerprint density at radius 1 is 1.40 bits per heavy atom. The first-order valence-electron chi connectivity index (χ1n) is 7.27. The normalized spacial score (nSPS) is 24.4. The van der Waals surface area contributed by atoms with Gasteiger partial charge in [-0.1, -0.05) is 12.1 Å².